The Bertz CT molecular complexity index is 505. The van der Waals surface area contributed by atoms with Crippen molar-refractivity contribution in [2.24, 2.45) is 11.3 Å². The van der Waals surface area contributed by atoms with Crippen LogP contribution in [0, 0.1) is 27.3 Å². The van der Waals surface area contributed by atoms with Crippen LogP contribution in [-0.2, 0) is 0 Å². The van der Waals surface area contributed by atoms with Crippen LogP contribution in [-0.4, -0.2) is 17.3 Å². The topological polar surface area (TPSA) is 52.4 Å². The Morgan fingerprint density at radius 2 is 2.10 bits per heavy atom. The van der Waals surface area contributed by atoms with Gasteiger partial charge in [0.05, 0.1) is 22.1 Å². The molecule has 20 heavy (non-hydrogen) atoms. The Kier molecular flexibility index (Phi) is 5.82. The molecule has 1 atom stereocenters. The van der Waals surface area contributed by atoms with E-state index >= 15 is 0 Å². The number of ether oxygens (including phenoxy) is 1. The molecule has 7 heteroatoms. The number of benzene rings is 1. The van der Waals surface area contributed by atoms with Crippen molar-refractivity contribution in [1.29, 1.82) is 0 Å². The summed E-state index contributed by atoms with van der Waals surface area (Å²) in [4.78, 5) is 10.3. The molecular formula is C13H17BrFNO3S. The fourth-order valence-corrected chi connectivity index (χ4v) is 2.78. The van der Waals surface area contributed by atoms with Crippen molar-refractivity contribution in [1.82, 2.24) is 0 Å². The number of nitro groups is 1. The van der Waals surface area contributed by atoms with Gasteiger partial charge in [0.15, 0.2) is 0 Å². The van der Waals surface area contributed by atoms with E-state index in [2.05, 4.69) is 28.6 Å². The van der Waals surface area contributed by atoms with Gasteiger partial charge in [-0.25, -0.2) is 4.39 Å². The van der Waals surface area contributed by atoms with Crippen molar-refractivity contribution in [3.63, 3.8) is 0 Å². The van der Waals surface area contributed by atoms with Crippen LogP contribution in [0.1, 0.15) is 20.8 Å². The molecule has 0 N–H and O–H groups in total. The molecule has 0 radical (unpaired) electrons. The zero-order valence-corrected chi connectivity index (χ0v) is 14.0. The Morgan fingerprint density at radius 3 is 2.55 bits per heavy atom. The highest BCUT2D eigenvalue weighted by atomic mass is 79.9. The first-order valence-electron chi connectivity index (χ1n) is 6.04. The maximum Gasteiger partial charge on any atom is 0.315 e. The van der Waals surface area contributed by atoms with E-state index in [1.807, 2.05) is 20.8 Å². The molecule has 0 aliphatic rings. The molecule has 0 aromatic heterocycles. The minimum Gasteiger partial charge on any atom is -0.486 e. The maximum absolute atomic E-state index is 13.2. The largest absolute Gasteiger partial charge is 0.486 e. The summed E-state index contributed by atoms with van der Waals surface area (Å²) in [5, 5.41) is 11.0. The van der Waals surface area contributed by atoms with E-state index in [1.165, 1.54) is 0 Å². The summed E-state index contributed by atoms with van der Waals surface area (Å²) in [5.41, 5.74) is -0.424. The lowest BCUT2D eigenvalue weighted by molar-refractivity contribution is -0.386. The second-order valence-electron chi connectivity index (χ2n) is 5.55. The molecule has 0 aliphatic heterocycles. The zero-order chi connectivity index (χ0) is 15.5. The second-order valence-corrected chi connectivity index (χ2v) is 6.77. The van der Waals surface area contributed by atoms with Crippen molar-refractivity contribution in [2.45, 2.75) is 20.8 Å². The molecule has 1 rings (SSSR count). The van der Waals surface area contributed by atoms with E-state index in [0.717, 1.165) is 12.1 Å². The number of halogens is 2. The third-order valence-electron chi connectivity index (χ3n) is 3.06. The van der Waals surface area contributed by atoms with Crippen LogP contribution in [0.15, 0.2) is 16.6 Å². The highest BCUT2D eigenvalue weighted by molar-refractivity contribution is 9.10. The SMILES string of the molecule is CC(C)(C)C(CS)COc1c(Br)cc(F)cc1[N+](=O)[O-]. The van der Waals surface area contributed by atoms with Crippen LogP contribution in [0.25, 0.3) is 0 Å². The van der Waals surface area contributed by atoms with E-state index in [9.17, 15) is 14.5 Å². The first kappa shape index (κ1) is 17.2. The predicted molar refractivity (Wildman–Crippen MR) is 83.0 cm³/mol. The van der Waals surface area contributed by atoms with Crippen LogP contribution >= 0.6 is 28.6 Å². The monoisotopic (exact) mass is 365 g/mol. The third kappa shape index (κ3) is 4.34. The molecule has 1 unspecified atom stereocenters. The highest BCUT2D eigenvalue weighted by Crippen LogP contribution is 2.37. The molecule has 4 nitrogen and oxygen atoms in total. The summed E-state index contributed by atoms with van der Waals surface area (Å²) in [6.07, 6.45) is 0. The van der Waals surface area contributed by atoms with E-state index in [-0.39, 0.29) is 33.8 Å². The quantitative estimate of drug-likeness (QED) is 0.475. The summed E-state index contributed by atoms with van der Waals surface area (Å²) < 4.78 is 19.0. The smallest absolute Gasteiger partial charge is 0.315 e. The van der Waals surface area contributed by atoms with Gasteiger partial charge >= 0.3 is 5.69 Å². The number of hydrogen-bond acceptors (Lipinski definition) is 4. The molecule has 0 spiro atoms. The standard InChI is InChI=1S/C13H17BrFNO3S/c1-13(2,3)8(7-20)6-19-12-10(14)4-9(15)5-11(12)16(17)18/h4-5,8,20H,6-7H2,1-3H3. The lowest BCUT2D eigenvalue weighted by Crippen LogP contribution is -2.28. The van der Waals surface area contributed by atoms with Crippen molar-refractivity contribution in [3.05, 3.63) is 32.5 Å². The average Bonchev–Trinajstić information content (AvgIpc) is 2.29. The van der Waals surface area contributed by atoms with Crippen LogP contribution in [0.4, 0.5) is 10.1 Å². The zero-order valence-electron chi connectivity index (χ0n) is 11.5. The van der Waals surface area contributed by atoms with E-state index < -0.39 is 10.7 Å². The van der Waals surface area contributed by atoms with Crippen molar-refractivity contribution >= 4 is 34.2 Å². The molecule has 112 valence electrons. The molecule has 1 aromatic carbocycles. The summed E-state index contributed by atoms with van der Waals surface area (Å²) >= 11 is 7.38. The number of hydrogen-bond donors (Lipinski definition) is 1. The van der Waals surface area contributed by atoms with Crippen molar-refractivity contribution < 1.29 is 14.1 Å². The molecular weight excluding hydrogens is 349 g/mol. The van der Waals surface area contributed by atoms with E-state index in [1.54, 1.807) is 0 Å². The van der Waals surface area contributed by atoms with Crippen molar-refractivity contribution in [2.75, 3.05) is 12.4 Å². The van der Waals surface area contributed by atoms with Crippen LogP contribution in [0.2, 0.25) is 0 Å². The van der Waals surface area contributed by atoms with Crippen LogP contribution in [0.5, 0.6) is 5.75 Å². The first-order chi connectivity index (χ1) is 9.16. The number of nitrogens with zero attached hydrogens (tertiary/aromatic N) is 1. The van der Waals surface area contributed by atoms with Gasteiger partial charge in [-0.2, -0.15) is 12.6 Å². The summed E-state index contributed by atoms with van der Waals surface area (Å²) in [6, 6.07) is 2.00. The number of thiol groups is 1. The third-order valence-corrected chi connectivity index (χ3v) is 4.09. The molecule has 0 aliphatic carbocycles. The van der Waals surface area contributed by atoms with Gasteiger partial charge in [0.1, 0.15) is 5.82 Å². The summed E-state index contributed by atoms with van der Waals surface area (Å²) in [7, 11) is 0. The van der Waals surface area contributed by atoms with Gasteiger partial charge in [-0.05, 0) is 33.2 Å². The van der Waals surface area contributed by atoms with Gasteiger partial charge in [0.25, 0.3) is 0 Å². The van der Waals surface area contributed by atoms with Crippen molar-refractivity contribution in [3.8, 4) is 5.75 Å². The molecule has 0 heterocycles. The lowest BCUT2D eigenvalue weighted by Gasteiger charge is -2.29. The fraction of sp³-hybridized carbons (Fsp3) is 0.538. The molecule has 0 saturated heterocycles. The van der Waals surface area contributed by atoms with E-state index in [4.69, 9.17) is 4.74 Å². The number of rotatable bonds is 5. The minimum atomic E-state index is -0.683. The van der Waals surface area contributed by atoms with Gasteiger partial charge in [0, 0.05) is 5.92 Å². The fourth-order valence-electron chi connectivity index (χ4n) is 1.59. The molecule has 0 amide bonds. The first-order valence-corrected chi connectivity index (χ1v) is 7.46. The summed E-state index contributed by atoms with van der Waals surface area (Å²) in [5.74, 6) is 0.0724. The molecule has 0 fully saturated rings. The van der Waals surface area contributed by atoms with E-state index in [0.29, 0.717) is 5.75 Å². The van der Waals surface area contributed by atoms with Gasteiger partial charge in [0.2, 0.25) is 5.75 Å². The summed E-state index contributed by atoms with van der Waals surface area (Å²) in [6.45, 7) is 6.42. The minimum absolute atomic E-state index is 0.0387. The number of nitro benzene ring substituents is 1. The van der Waals surface area contributed by atoms with Gasteiger partial charge in [-0.1, -0.05) is 20.8 Å². The molecule has 0 saturated carbocycles. The predicted octanol–water partition coefficient (Wildman–Crippen LogP) is 4.47. The lowest BCUT2D eigenvalue weighted by atomic mass is 9.82. The maximum atomic E-state index is 13.2. The Morgan fingerprint density at radius 1 is 1.50 bits per heavy atom. The van der Waals surface area contributed by atoms with Gasteiger partial charge < -0.3 is 4.74 Å². The molecule has 0 bridgehead atoms. The average molecular weight is 366 g/mol. The normalized spacial score (nSPS) is 13.1. The molecule has 1 aromatic rings. The Hall–Kier alpha value is -0.820. The van der Waals surface area contributed by atoms with Crippen LogP contribution in [0.3, 0.4) is 0 Å². The Labute approximate surface area is 131 Å². The highest BCUT2D eigenvalue weighted by Gasteiger charge is 2.27. The van der Waals surface area contributed by atoms with Gasteiger partial charge in [-0.3, -0.25) is 10.1 Å². The van der Waals surface area contributed by atoms with Gasteiger partial charge in [-0.15, -0.1) is 0 Å². The van der Waals surface area contributed by atoms with Crippen LogP contribution < -0.4 is 4.74 Å². The Balaban J connectivity index is 3.01. The second kappa shape index (κ2) is 6.76.